The molecule has 8 heteroatoms. The second-order valence-corrected chi connectivity index (χ2v) is 7.27. The molecule has 1 aromatic carbocycles. The molecule has 160 valence electrons. The third kappa shape index (κ3) is 6.58. The third-order valence-electron chi connectivity index (χ3n) is 5.17. The standard InChI is InChI=1S/C21H32N6O.HI/c1-16-10-11-17(18(14-16)28-3)15-24-21(22-2)23-12-7-9-20-26-25-19-8-5-4-6-13-27(19)20;/h10-11,14H,4-9,12-13,15H2,1-3H3,(H2,22,23,24);1H. The first-order chi connectivity index (χ1) is 13.7. The normalized spacial score (nSPS) is 13.8. The first-order valence-corrected chi connectivity index (χ1v) is 10.2. The van der Waals surface area contributed by atoms with Crippen molar-refractivity contribution >= 4 is 29.9 Å². The van der Waals surface area contributed by atoms with Gasteiger partial charge in [0.25, 0.3) is 0 Å². The molecule has 0 spiro atoms. The molecule has 3 rings (SSSR count). The molecule has 1 aliphatic rings. The molecule has 1 aliphatic heterocycles. The van der Waals surface area contributed by atoms with Gasteiger partial charge in [-0.3, -0.25) is 4.99 Å². The molecule has 0 saturated carbocycles. The summed E-state index contributed by atoms with van der Waals surface area (Å²) in [5.74, 6) is 3.97. The summed E-state index contributed by atoms with van der Waals surface area (Å²) in [5, 5.41) is 15.5. The quantitative estimate of drug-likeness (QED) is 0.258. The topological polar surface area (TPSA) is 76.4 Å². The fraction of sp³-hybridized carbons (Fsp3) is 0.571. The van der Waals surface area contributed by atoms with Crippen LogP contribution in [-0.4, -0.2) is 41.4 Å². The number of hydrogen-bond donors (Lipinski definition) is 2. The van der Waals surface area contributed by atoms with E-state index in [0.29, 0.717) is 6.54 Å². The highest BCUT2D eigenvalue weighted by Gasteiger charge is 2.14. The second kappa shape index (κ2) is 12.0. The van der Waals surface area contributed by atoms with Gasteiger partial charge < -0.3 is 19.9 Å². The fourth-order valence-electron chi connectivity index (χ4n) is 3.58. The Bertz CT molecular complexity index is 804. The number of nitrogens with zero attached hydrogens (tertiary/aromatic N) is 4. The van der Waals surface area contributed by atoms with Gasteiger partial charge in [0.15, 0.2) is 5.96 Å². The molecular formula is C21H33IN6O. The highest BCUT2D eigenvalue weighted by molar-refractivity contribution is 14.0. The van der Waals surface area contributed by atoms with E-state index in [4.69, 9.17) is 4.74 Å². The van der Waals surface area contributed by atoms with E-state index >= 15 is 0 Å². The number of methoxy groups -OCH3 is 1. The molecule has 29 heavy (non-hydrogen) atoms. The molecule has 2 aromatic rings. The monoisotopic (exact) mass is 512 g/mol. The van der Waals surface area contributed by atoms with Gasteiger partial charge in [0, 0.05) is 45.1 Å². The zero-order chi connectivity index (χ0) is 19.8. The average Bonchev–Trinajstić information content (AvgIpc) is 2.94. The molecule has 0 radical (unpaired) electrons. The summed E-state index contributed by atoms with van der Waals surface area (Å²) in [6.07, 6.45) is 6.74. The Kier molecular flexibility index (Phi) is 9.69. The van der Waals surface area contributed by atoms with Crippen molar-refractivity contribution < 1.29 is 4.74 Å². The molecule has 0 atom stereocenters. The van der Waals surface area contributed by atoms with Crippen LogP contribution in [0.5, 0.6) is 5.75 Å². The van der Waals surface area contributed by atoms with E-state index in [-0.39, 0.29) is 24.0 Å². The van der Waals surface area contributed by atoms with Gasteiger partial charge in [0.05, 0.1) is 7.11 Å². The number of aromatic nitrogens is 3. The summed E-state index contributed by atoms with van der Waals surface area (Å²) < 4.78 is 7.79. The smallest absolute Gasteiger partial charge is 0.191 e. The Morgan fingerprint density at radius 1 is 1.21 bits per heavy atom. The minimum absolute atomic E-state index is 0. The van der Waals surface area contributed by atoms with Crippen LogP contribution in [0.4, 0.5) is 0 Å². The van der Waals surface area contributed by atoms with Crippen LogP contribution >= 0.6 is 24.0 Å². The van der Waals surface area contributed by atoms with Crippen molar-refractivity contribution in [1.29, 1.82) is 0 Å². The maximum atomic E-state index is 5.47. The molecular weight excluding hydrogens is 479 g/mol. The Balaban J connectivity index is 0.00000300. The SMILES string of the molecule is CN=C(NCCCc1nnc2n1CCCCC2)NCc1ccc(C)cc1OC.I. The van der Waals surface area contributed by atoms with Crippen LogP contribution in [0, 0.1) is 6.92 Å². The molecule has 2 heterocycles. The van der Waals surface area contributed by atoms with Crippen molar-refractivity contribution in [3.63, 3.8) is 0 Å². The van der Waals surface area contributed by atoms with Gasteiger partial charge >= 0.3 is 0 Å². The first kappa shape index (κ1) is 23.4. The Morgan fingerprint density at radius 3 is 2.86 bits per heavy atom. The molecule has 7 nitrogen and oxygen atoms in total. The number of benzene rings is 1. The zero-order valence-corrected chi connectivity index (χ0v) is 20.0. The lowest BCUT2D eigenvalue weighted by Gasteiger charge is -2.14. The minimum atomic E-state index is 0. The molecule has 0 saturated heterocycles. The summed E-state index contributed by atoms with van der Waals surface area (Å²) >= 11 is 0. The highest BCUT2D eigenvalue weighted by atomic mass is 127. The van der Waals surface area contributed by atoms with Gasteiger partial charge in [-0.15, -0.1) is 34.2 Å². The van der Waals surface area contributed by atoms with E-state index in [0.717, 1.165) is 61.3 Å². The van der Waals surface area contributed by atoms with Gasteiger partial charge in [0.1, 0.15) is 17.4 Å². The number of halogens is 1. The summed E-state index contributed by atoms with van der Waals surface area (Å²) in [5.41, 5.74) is 2.30. The molecule has 0 aliphatic carbocycles. The van der Waals surface area contributed by atoms with Crippen LogP contribution in [0.3, 0.4) is 0 Å². The Hall–Kier alpha value is -1.84. The van der Waals surface area contributed by atoms with Crippen molar-refractivity contribution in [3.8, 4) is 5.75 Å². The van der Waals surface area contributed by atoms with Crippen LogP contribution in [0.25, 0.3) is 0 Å². The minimum Gasteiger partial charge on any atom is -0.496 e. The van der Waals surface area contributed by atoms with Gasteiger partial charge in [0.2, 0.25) is 0 Å². The van der Waals surface area contributed by atoms with Crippen LogP contribution in [0.2, 0.25) is 0 Å². The number of nitrogens with one attached hydrogen (secondary N) is 2. The maximum absolute atomic E-state index is 5.47. The molecule has 0 fully saturated rings. The summed E-state index contributed by atoms with van der Waals surface area (Å²) in [4.78, 5) is 4.31. The molecule has 0 bridgehead atoms. The van der Waals surface area contributed by atoms with Crippen molar-refractivity contribution in [1.82, 2.24) is 25.4 Å². The average molecular weight is 512 g/mol. The van der Waals surface area contributed by atoms with E-state index < -0.39 is 0 Å². The number of ether oxygens (including phenoxy) is 1. The van der Waals surface area contributed by atoms with E-state index in [1.807, 2.05) is 0 Å². The van der Waals surface area contributed by atoms with E-state index in [9.17, 15) is 0 Å². The molecule has 2 N–H and O–H groups in total. The first-order valence-electron chi connectivity index (χ1n) is 10.2. The van der Waals surface area contributed by atoms with Crippen molar-refractivity contribution in [2.45, 2.75) is 58.5 Å². The highest BCUT2D eigenvalue weighted by Crippen LogP contribution is 2.19. The lowest BCUT2D eigenvalue weighted by atomic mass is 10.1. The predicted molar refractivity (Wildman–Crippen MR) is 127 cm³/mol. The number of aryl methyl sites for hydroxylation is 3. The molecule has 1 aromatic heterocycles. The second-order valence-electron chi connectivity index (χ2n) is 7.27. The number of rotatable bonds is 7. The van der Waals surface area contributed by atoms with Gasteiger partial charge in [-0.25, -0.2) is 0 Å². The van der Waals surface area contributed by atoms with Crippen LogP contribution < -0.4 is 15.4 Å². The van der Waals surface area contributed by atoms with Crippen LogP contribution in [-0.2, 0) is 25.9 Å². The number of hydrogen-bond acceptors (Lipinski definition) is 4. The lowest BCUT2D eigenvalue weighted by molar-refractivity contribution is 0.408. The van der Waals surface area contributed by atoms with Gasteiger partial charge in [-0.2, -0.15) is 0 Å². The van der Waals surface area contributed by atoms with Crippen LogP contribution in [0.1, 0.15) is 48.5 Å². The van der Waals surface area contributed by atoms with Crippen LogP contribution in [0.15, 0.2) is 23.2 Å². The number of fused-ring (bicyclic) bond motifs is 1. The largest absolute Gasteiger partial charge is 0.496 e. The van der Waals surface area contributed by atoms with Crippen molar-refractivity contribution in [2.24, 2.45) is 4.99 Å². The number of aliphatic imine (C=N–C) groups is 1. The summed E-state index contributed by atoms with van der Waals surface area (Å²) in [7, 11) is 3.50. The fourth-order valence-corrected chi connectivity index (χ4v) is 3.58. The van der Waals surface area contributed by atoms with E-state index in [2.05, 4.69) is 55.5 Å². The molecule has 0 unspecified atom stereocenters. The number of guanidine groups is 1. The van der Waals surface area contributed by atoms with Crippen molar-refractivity contribution in [2.75, 3.05) is 20.7 Å². The zero-order valence-electron chi connectivity index (χ0n) is 17.7. The summed E-state index contributed by atoms with van der Waals surface area (Å²) in [6, 6.07) is 6.23. The van der Waals surface area contributed by atoms with Gasteiger partial charge in [-0.1, -0.05) is 18.6 Å². The van der Waals surface area contributed by atoms with Crippen molar-refractivity contribution in [3.05, 3.63) is 41.0 Å². The Morgan fingerprint density at radius 2 is 2.07 bits per heavy atom. The predicted octanol–water partition coefficient (Wildman–Crippen LogP) is 3.24. The maximum Gasteiger partial charge on any atom is 0.191 e. The van der Waals surface area contributed by atoms with E-state index in [1.165, 1.54) is 24.8 Å². The molecule has 0 amide bonds. The summed E-state index contributed by atoms with van der Waals surface area (Å²) in [6.45, 7) is 4.63. The third-order valence-corrected chi connectivity index (χ3v) is 5.17. The lowest BCUT2D eigenvalue weighted by Crippen LogP contribution is -2.37. The van der Waals surface area contributed by atoms with Gasteiger partial charge in [-0.05, 0) is 37.8 Å². The Labute approximate surface area is 190 Å². The van der Waals surface area contributed by atoms with E-state index in [1.54, 1.807) is 14.2 Å².